The minimum Gasteiger partial charge on any atom is -0.427 e. The van der Waals surface area contributed by atoms with Gasteiger partial charge in [-0.3, -0.25) is 9.59 Å². The fraction of sp³-hybridized carbons (Fsp3) is 0.0667. The summed E-state index contributed by atoms with van der Waals surface area (Å²) in [6.07, 6.45) is -4.75. The summed E-state index contributed by atoms with van der Waals surface area (Å²) in [6, 6.07) is 11.1. The van der Waals surface area contributed by atoms with Gasteiger partial charge in [0.05, 0.1) is 11.1 Å². The number of rotatable bonds is 4. The summed E-state index contributed by atoms with van der Waals surface area (Å²) in [5, 5.41) is 2.43. The van der Waals surface area contributed by atoms with Crippen molar-refractivity contribution in [2.24, 2.45) is 0 Å². The molecule has 2 aromatic rings. The number of alkyl halides is 3. The molecule has 2 aromatic carbocycles. The largest absolute Gasteiger partial charge is 0.427 e. The van der Waals surface area contributed by atoms with E-state index in [2.05, 4.69) is 10.1 Å². The molecule has 22 heavy (non-hydrogen) atoms. The molecule has 0 saturated heterocycles. The molecule has 0 bridgehead atoms. The van der Waals surface area contributed by atoms with Crippen molar-refractivity contribution in [1.82, 2.24) is 0 Å². The third-order valence-electron chi connectivity index (χ3n) is 2.76. The Morgan fingerprint density at radius 3 is 2.32 bits per heavy atom. The first-order chi connectivity index (χ1) is 10.4. The Morgan fingerprint density at radius 1 is 1.05 bits per heavy atom. The van der Waals surface area contributed by atoms with E-state index in [1.165, 1.54) is 0 Å². The number of nitrogens with one attached hydrogen (secondary N) is 1. The van der Waals surface area contributed by atoms with Gasteiger partial charge < -0.3 is 10.1 Å². The molecule has 1 amide bonds. The molecule has 0 aromatic heterocycles. The molecule has 7 heteroatoms. The van der Waals surface area contributed by atoms with E-state index in [0.717, 1.165) is 18.2 Å². The Balaban J connectivity index is 2.41. The second-order valence-corrected chi connectivity index (χ2v) is 4.21. The van der Waals surface area contributed by atoms with Crippen molar-refractivity contribution in [2.45, 2.75) is 6.18 Å². The van der Waals surface area contributed by atoms with Gasteiger partial charge in [-0.05, 0) is 24.3 Å². The summed E-state index contributed by atoms with van der Waals surface area (Å²) in [4.78, 5) is 22.6. The topological polar surface area (TPSA) is 55.4 Å². The monoisotopic (exact) mass is 309 g/mol. The second-order valence-electron chi connectivity index (χ2n) is 4.21. The average molecular weight is 309 g/mol. The maximum absolute atomic E-state index is 12.9. The predicted octanol–water partition coefficient (Wildman–Crippen LogP) is 3.49. The third-order valence-corrected chi connectivity index (χ3v) is 2.76. The van der Waals surface area contributed by atoms with Crippen molar-refractivity contribution < 1.29 is 27.5 Å². The standard InChI is InChI=1S/C15H10F3NO3/c16-15(17,18)12-8-4-7-11(13(12)22-9-20)14(21)19-10-5-2-1-3-6-10/h1-9H,(H,19,21). The molecule has 0 aliphatic rings. The first-order valence-corrected chi connectivity index (χ1v) is 6.10. The van der Waals surface area contributed by atoms with Crippen LogP contribution in [0.2, 0.25) is 0 Å². The summed E-state index contributed by atoms with van der Waals surface area (Å²) in [5.41, 5.74) is -1.17. The maximum atomic E-state index is 12.9. The van der Waals surface area contributed by atoms with Crippen molar-refractivity contribution in [2.75, 3.05) is 5.32 Å². The van der Waals surface area contributed by atoms with Crippen molar-refractivity contribution in [3.8, 4) is 5.75 Å². The molecule has 0 saturated carbocycles. The Kier molecular flexibility index (Phi) is 4.45. The SMILES string of the molecule is O=COc1c(C(=O)Nc2ccccc2)cccc1C(F)(F)F. The number of carbonyl (C=O) groups is 2. The number of carbonyl (C=O) groups excluding carboxylic acids is 2. The van der Waals surface area contributed by atoms with Gasteiger partial charge in [-0.15, -0.1) is 0 Å². The van der Waals surface area contributed by atoms with E-state index in [4.69, 9.17) is 0 Å². The molecular formula is C15H10F3NO3. The van der Waals surface area contributed by atoms with Crippen molar-refractivity contribution in [3.05, 3.63) is 59.7 Å². The Labute approximate surface area is 123 Å². The Hall–Kier alpha value is -2.83. The molecular weight excluding hydrogens is 299 g/mol. The second kappa shape index (κ2) is 6.30. The lowest BCUT2D eigenvalue weighted by Gasteiger charge is -2.14. The fourth-order valence-electron chi connectivity index (χ4n) is 1.83. The van der Waals surface area contributed by atoms with Crippen LogP contribution in [0.4, 0.5) is 18.9 Å². The number of amides is 1. The summed E-state index contributed by atoms with van der Waals surface area (Å²) in [6.45, 7) is -0.149. The van der Waals surface area contributed by atoms with Gasteiger partial charge in [-0.1, -0.05) is 24.3 Å². The van der Waals surface area contributed by atoms with Crippen molar-refractivity contribution in [3.63, 3.8) is 0 Å². The number of anilines is 1. The van der Waals surface area contributed by atoms with E-state index in [9.17, 15) is 22.8 Å². The molecule has 0 unspecified atom stereocenters. The first-order valence-electron chi connectivity index (χ1n) is 6.10. The molecule has 0 radical (unpaired) electrons. The number of benzene rings is 2. The molecule has 0 aliphatic carbocycles. The Bertz CT molecular complexity index is 684. The first kappa shape index (κ1) is 15.6. The summed E-state index contributed by atoms with van der Waals surface area (Å²) in [7, 11) is 0. The van der Waals surface area contributed by atoms with Crippen LogP contribution in [-0.2, 0) is 11.0 Å². The van der Waals surface area contributed by atoms with Gasteiger partial charge >= 0.3 is 6.18 Å². The highest BCUT2D eigenvalue weighted by Gasteiger charge is 2.36. The number of hydrogen-bond donors (Lipinski definition) is 1. The quantitative estimate of drug-likeness (QED) is 0.880. The normalized spacial score (nSPS) is 10.9. The highest BCUT2D eigenvalue weighted by Crippen LogP contribution is 2.38. The lowest BCUT2D eigenvalue weighted by atomic mass is 10.1. The van der Waals surface area contributed by atoms with Gasteiger partial charge in [0.1, 0.15) is 0 Å². The molecule has 114 valence electrons. The molecule has 0 spiro atoms. The van der Waals surface area contributed by atoms with Crippen LogP contribution >= 0.6 is 0 Å². The summed E-state index contributed by atoms with van der Waals surface area (Å²) >= 11 is 0. The van der Waals surface area contributed by atoms with Gasteiger partial charge in [-0.25, -0.2) is 0 Å². The highest BCUT2D eigenvalue weighted by atomic mass is 19.4. The smallest absolute Gasteiger partial charge is 0.420 e. The average Bonchev–Trinajstić information content (AvgIpc) is 2.47. The molecule has 2 rings (SSSR count). The van der Waals surface area contributed by atoms with E-state index in [-0.39, 0.29) is 12.0 Å². The fourth-order valence-corrected chi connectivity index (χ4v) is 1.83. The lowest BCUT2D eigenvalue weighted by Crippen LogP contribution is -2.17. The van der Waals surface area contributed by atoms with Crippen molar-refractivity contribution >= 4 is 18.1 Å². The number of halogens is 3. The number of ether oxygens (including phenoxy) is 1. The van der Waals surface area contributed by atoms with Crippen LogP contribution in [-0.4, -0.2) is 12.4 Å². The van der Waals surface area contributed by atoms with E-state index in [1.807, 2.05) is 0 Å². The van der Waals surface area contributed by atoms with Crippen LogP contribution < -0.4 is 10.1 Å². The van der Waals surface area contributed by atoms with E-state index >= 15 is 0 Å². The molecule has 1 N–H and O–H groups in total. The third kappa shape index (κ3) is 3.43. The molecule has 4 nitrogen and oxygen atoms in total. The van der Waals surface area contributed by atoms with Crippen molar-refractivity contribution in [1.29, 1.82) is 0 Å². The van der Waals surface area contributed by atoms with Crippen LogP contribution in [0.5, 0.6) is 5.75 Å². The van der Waals surface area contributed by atoms with Gasteiger partial charge in [-0.2, -0.15) is 13.2 Å². The van der Waals surface area contributed by atoms with Crippen LogP contribution in [0, 0.1) is 0 Å². The van der Waals surface area contributed by atoms with Gasteiger partial charge in [0.25, 0.3) is 12.4 Å². The summed E-state index contributed by atoms with van der Waals surface area (Å²) in [5.74, 6) is -1.63. The van der Waals surface area contributed by atoms with Crippen LogP contribution in [0.15, 0.2) is 48.5 Å². The van der Waals surface area contributed by atoms with E-state index in [0.29, 0.717) is 5.69 Å². The maximum Gasteiger partial charge on any atom is 0.420 e. The minimum absolute atomic E-state index is 0.149. The number of hydrogen-bond acceptors (Lipinski definition) is 3. The molecule has 0 fully saturated rings. The zero-order valence-electron chi connectivity index (χ0n) is 11.1. The van der Waals surface area contributed by atoms with Gasteiger partial charge in [0.2, 0.25) is 0 Å². The summed E-state index contributed by atoms with van der Waals surface area (Å²) < 4.78 is 43.1. The van der Waals surface area contributed by atoms with E-state index in [1.54, 1.807) is 30.3 Å². The molecule has 0 heterocycles. The predicted molar refractivity (Wildman–Crippen MR) is 72.5 cm³/mol. The minimum atomic E-state index is -4.75. The van der Waals surface area contributed by atoms with Crippen LogP contribution in [0.1, 0.15) is 15.9 Å². The van der Waals surface area contributed by atoms with Crippen LogP contribution in [0.3, 0.4) is 0 Å². The zero-order valence-corrected chi connectivity index (χ0v) is 11.1. The van der Waals surface area contributed by atoms with Crippen LogP contribution in [0.25, 0.3) is 0 Å². The molecule has 0 atom stereocenters. The highest BCUT2D eigenvalue weighted by molar-refractivity contribution is 6.06. The van der Waals surface area contributed by atoms with E-state index < -0.39 is 23.4 Å². The number of para-hydroxylation sites is 2. The molecule has 0 aliphatic heterocycles. The van der Waals surface area contributed by atoms with Gasteiger partial charge in [0, 0.05) is 5.69 Å². The zero-order chi connectivity index (χ0) is 16.2. The Morgan fingerprint density at radius 2 is 1.73 bits per heavy atom. The lowest BCUT2D eigenvalue weighted by molar-refractivity contribution is -0.139. The van der Waals surface area contributed by atoms with Gasteiger partial charge in [0.15, 0.2) is 5.75 Å².